The van der Waals surface area contributed by atoms with Crippen LogP contribution in [0, 0.1) is 0 Å². The summed E-state index contributed by atoms with van der Waals surface area (Å²) in [5.74, 6) is 0.699. The first-order valence-corrected chi connectivity index (χ1v) is 9.01. The quantitative estimate of drug-likeness (QED) is 0.525. The maximum atomic E-state index is 6.35. The molecule has 7 heteroatoms. The minimum Gasteiger partial charge on any atom is -0.495 e. The second kappa shape index (κ2) is 6.82. The first-order chi connectivity index (χ1) is 12.2. The Bertz CT molecular complexity index is 1030. The summed E-state index contributed by atoms with van der Waals surface area (Å²) in [7, 11) is 1.62. The number of pyridine rings is 1. The summed E-state index contributed by atoms with van der Waals surface area (Å²) in [5, 5.41) is 11.2. The molecule has 0 N–H and O–H groups in total. The number of ether oxygens (including phenoxy) is 1. The summed E-state index contributed by atoms with van der Waals surface area (Å²) in [5.41, 5.74) is 2.98. The van der Waals surface area contributed by atoms with Crippen LogP contribution in [0.4, 0.5) is 0 Å². The van der Waals surface area contributed by atoms with Crippen molar-refractivity contribution in [2.45, 2.75) is 12.8 Å². The van der Waals surface area contributed by atoms with Gasteiger partial charge in [-0.3, -0.25) is 0 Å². The second-order valence-electron chi connectivity index (χ2n) is 5.54. The number of aromatic nitrogens is 4. The topological polar surface area (TPSA) is 52.3 Å². The predicted octanol–water partition coefficient (Wildman–Crippen LogP) is 4.30. The van der Waals surface area contributed by atoms with Crippen molar-refractivity contribution in [2.75, 3.05) is 7.11 Å². The van der Waals surface area contributed by atoms with Gasteiger partial charge >= 0.3 is 0 Å². The average molecular weight is 371 g/mol. The Hall–Kier alpha value is -2.44. The van der Waals surface area contributed by atoms with E-state index in [0.29, 0.717) is 10.8 Å². The number of methoxy groups -OCH3 is 1. The molecule has 0 aliphatic heterocycles. The van der Waals surface area contributed by atoms with Gasteiger partial charge < -0.3 is 9.14 Å². The van der Waals surface area contributed by atoms with E-state index in [9.17, 15) is 0 Å². The molecule has 0 unspecified atom stereocenters. The van der Waals surface area contributed by atoms with Gasteiger partial charge in [0.05, 0.1) is 12.1 Å². The van der Waals surface area contributed by atoms with Crippen LogP contribution in [0.3, 0.4) is 0 Å². The predicted molar refractivity (Wildman–Crippen MR) is 99.5 cm³/mol. The molecule has 0 aliphatic carbocycles. The van der Waals surface area contributed by atoms with Gasteiger partial charge in [0.2, 0.25) is 0 Å². The lowest BCUT2D eigenvalue weighted by atomic mass is 10.1. The van der Waals surface area contributed by atoms with Crippen LogP contribution in [-0.4, -0.2) is 26.7 Å². The van der Waals surface area contributed by atoms with Gasteiger partial charge in [-0.2, -0.15) is 0 Å². The fraction of sp³-hybridized carbons (Fsp3) is 0.167. The number of halogens is 1. The fourth-order valence-electron chi connectivity index (χ4n) is 2.66. The van der Waals surface area contributed by atoms with E-state index in [1.807, 2.05) is 47.1 Å². The molecule has 4 aromatic rings. The molecule has 0 bridgehead atoms. The monoisotopic (exact) mass is 370 g/mol. The van der Waals surface area contributed by atoms with Crippen LogP contribution in [0.1, 0.15) is 10.6 Å². The molecular weight excluding hydrogens is 356 g/mol. The minimum absolute atomic E-state index is 0.666. The van der Waals surface area contributed by atoms with Crippen LogP contribution in [0.25, 0.3) is 16.2 Å². The zero-order valence-corrected chi connectivity index (χ0v) is 15.1. The van der Waals surface area contributed by atoms with E-state index in [1.165, 1.54) is 0 Å². The summed E-state index contributed by atoms with van der Waals surface area (Å²) in [6, 6.07) is 9.87. The Morgan fingerprint density at radius 1 is 1.16 bits per heavy atom. The number of benzene rings is 1. The molecule has 3 aromatic heterocycles. The van der Waals surface area contributed by atoms with Gasteiger partial charge in [0.25, 0.3) is 0 Å². The molecule has 5 nitrogen and oxygen atoms in total. The Labute approximate surface area is 153 Å². The lowest BCUT2D eigenvalue weighted by Gasteiger charge is -2.07. The highest BCUT2D eigenvalue weighted by atomic mass is 35.5. The van der Waals surface area contributed by atoms with E-state index in [-0.39, 0.29) is 0 Å². The van der Waals surface area contributed by atoms with Crippen LogP contribution < -0.4 is 4.74 Å². The summed E-state index contributed by atoms with van der Waals surface area (Å²) in [6.07, 6.45) is 7.26. The molecule has 126 valence electrons. The van der Waals surface area contributed by atoms with Crippen molar-refractivity contribution in [1.29, 1.82) is 0 Å². The van der Waals surface area contributed by atoms with Crippen LogP contribution in [0.15, 0.2) is 48.9 Å². The number of imidazole rings is 1. The summed E-state index contributed by atoms with van der Waals surface area (Å²) >= 11 is 7.95. The van der Waals surface area contributed by atoms with E-state index >= 15 is 0 Å². The van der Waals surface area contributed by atoms with Gasteiger partial charge in [0, 0.05) is 30.6 Å². The van der Waals surface area contributed by atoms with E-state index in [1.54, 1.807) is 24.6 Å². The number of hydrogen-bond acceptors (Lipinski definition) is 5. The standard InChI is InChI=1S/C18H15ClN4OS/c1-24-14-4-2-3-12(17(14)19)5-6-16-21-22-18(25-16)13-7-9-23-10-8-20-15(23)11-13/h2-4,7-11H,5-6H2,1H3. The van der Waals surface area contributed by atoms with E-state index in [2.05, 4.69) is 15.2 Å². The molecule has 0 spiro atoms. The molecule has 0 amide bonds. The van der Waals surface area contributed by atoms with Gasteiger partial charge in [-0.1, -0.05) is 35.1 Å². The first-order valence-electron chi connectivity index (χ1n) is 7.81. The van der Waals surface area contributed by atoms with Crippen LogP contribution in [-0.2, 0) is 12.8 Å². The van der Waals surface area contributed by atoms with Gasteiger partial charge in [-0.05, 0) is 30.2 Å². The normalized spacial score (nSPS) is 11.1. The highest BCUT2D eigenvalue weighted by Gasteiger charge is 2.11. The smallest absolute Gasteiger partial charge is 0.147 e. The molecule has 0 saturated heterocycles. The lowest BCUT2D eigenvalue weighted by molar-refractivity contribution is 0.414. The fourth-order valence-corrected chi connectivity index (χ4v) is 3.80. The number of rotatable bonds is 5. The zero-order chi connectivity index (χ0) is 17.2. The van der Waals surface area contributed by atoms with Crippen molar-refractivity contribution in [3.63, 3.8) is 0 Å². The van der Waals surface area contributed by atoms with E-state index in [0.717, 1.165) is 39.6 Å². The maximum Gasteiger partial charge on any atom is 0.147 e. The molecule has 1 aromatic carbocycles. The van der Waals surface area contributed by atoms with Gasteiger partial charge in [0.1, 0.15) is 21.4 Å². The van der Waals surface area contributed by atoms with Crippen LogP contribution in [0.5, 0.6) is 5.75 Å². The molecule has 4 rings (SSSR count). The number of aryl methyl sites for hydroxylation is 2. The number of nitrogens with zero attached hydrogens (tertiary/aromatic N) is 4. The van der Waals surface area contributed by atoms with Crippen LogP contribution >= 0.6 is 22.9 Å². The molecule has 0 saturated carbocycles. The Morgan fingerprint density at radius 2 is 2.08 bits per heavy atom. The van der Waals surface area contributed by atoms with Crippen molar-refractivity contribution in [3.8, 4) is 16.3 Å². The minimum atomic E-state index is 0.666. The van der Waals surface area contributed by atoms with E-state index in [4.69, 9.17) is 16.3 Å². The van der Waals surface area contributed by atoms with Gasteiger partial charge in [-0.15, -0.1) is 10.2 Å². The van der Waals surface area contributed by atoms with Gasteiger partial charge in [-0.25, -0.2) is 4.98 Å². The largest absolute Gasteiger partial charge is 0.495 e. The van der Waals surface area contributed by atoms with Crippen molar-refractivity contribution in [1.82, 2.24) is 19.6 Å². The third-order valence-electron chi connectivity index (χ3n) is 3.98. The summed E-state index contributed by atoms with van der Waals surface area (Å²) in [4.78, 5) is 4.31. The molecule has 0 atom stereocenters. The Kier molecular flexibility index (Phi) is 4.38. The highest BCUT2D eigenvalue weighted by molar-refractivity contribution is 7.14. The Morgan fingerprint density at radius 3 is 2.96 bits per heavy atom. The SMILES string of the molecule is COc1cccc(CCc2nnc(-c3ccn4ccnc4c3)s2)c1Cl. The molecule has 0 aliphatic rings. The third kappa shape index (κ3) is 3.23. The first kappa shape index (κ1) is 16.1. The third-order valence-corrected chi connectivity index (χ3v) is 5.44. The molecule has 0 radical (unpaired) electrons. The highest BCUT2D eigenvalue weighted by Crippen LogP contribution is 2.30. The molecule has 25 heavy (non-hydrogen) atoms. The van der Waals surface area contributed by atoms with Gasteiger partial charge in [0.15, 0.2) is 0 Å². The van der Waals surface area contributed by atoms with Crippen LogP contribution in [0.2, 0.25) is 5.02 Å². The maximum absolute atomic E-state index is 6.35. The summed E-state index contributed by atoms with van der Waals surface area (Å²) < 4.78 is 7.23. The lowest BCUT2D eigenvalue weighted by Crippen LogP contribution is -1.94. The second-order valence-corrected chi connectivity index (χ2v) is 6.98. The van der Waals surface area contributed by atoms with E-state index < -0.39 is 0 Å². The molecule has 0 fully saturated rings. The zero-order valence-electron chi connectivity index (χ0n) is 13.5. The average Bonchev–Trinajstić information content (AvgIpc) is 3.29. The van der Waals surface area contributed by atoms with Crippen molar-refractivity contribution >= 4 is 28.6 Å². The number of fused-ring (bicyclic) bond motifs is 1. The molecule has 3 heterocycles. The Balaban J connectivity index is 1.51. The summed E-state index contributed by atoms with van der Waals surface area (Å²) in [6.45, 7) is 0. The van der Waals surface area contributed by atoms with Crippen molar-refractivity contribution in [3.05, 3.63) is 64.5 Å². The number of hydrogen-bond donors (Lipinski definition) is 0. The van der Waals surface area contributed by atoms with Crippen molar-refractivity contribution < 1.29 is 4.74 Å². The molecular formula is C18H15ClN4OS. The van der Waals surface area contributed by atoms with Crippen molar-refractivity contribution in [2.24, 2.45) is 0 Å².